The Balaban J connectivity index is 1.43. The van der Waals surface area contributed by atoms with E-state index in [2.05, 4.69) is 31.7 Å². The fourth-order valence-corrected chi connectivity index (χ4v) is 3.14. The van der Waals surface area contributed by atoms with E-state index < -0.39 is 11.7 Å². The van der Waals surface area contributed by atoms with Crippen molar-refractivity contribution in [2.45, 2.75) is 12.6 Å². The third-order valence-corrected chi connectivity index (χ3v) is 4.50. The number of benzene rings is 2. The molecule has 2 heterocycles. The summed E-state index contributed by atoms with van der Waals surface area (Å²) in [5, 5.41) is 7.01. The van der Waals surface area contributed by atoms with E-state index in [9.17, 15) is 13.2 Å². The molecular weight excluding hydrogens is 379 g/mol. The van der Waals surface area contributed by atoms with Crippen molar-refractivity contribution in [2.75, 3.05) is 17.2 Å². The van der Waals surface area contributed by atoms with Crippen molar-refractivity contribution in [2.24, 2.45) is 0 Å². The van der Waals surface area contributed by atoms with Gasteiger partial charge in [0.15, 0.2) is 0 Å². The number of anilines is 3. The number of aromatic nitrogens is 3. The van der Waals surface area contributed by atoms with Crippen molar-refractivity contribution in [1.82, 2.24) is 15.0 Å². The van der Waals surface area contributed by atoms with Gasteiger partial charge in [0.25, 0.3) is 0 Å². The van der Waals surface area contributed by atoms with Gasteiger partial charge in [-0.3, -0.25) is 0 Å². The summed E-state index contributed by atoms with van der Waals surface area (Å²) in [6, 6.07) is 14.9. The minimum atomic E-state index is -4.45. The predicted molar refractivity (Wildman–Crippen MR) is 107 cm³/mol. The minimum absolute atomic E-state index is 0.0524. The van der Waals surface area contributed by atoms with Crippen LogP contribution in [0, 0.1) is 0 Å². The van der Waals surface area contributed by atoms with Crippen LogP contribution in [0.5, 0.6) is 0 Å². The van der Waals surface area contributed by atoms with Crippen LogP contribution in [0.4, 0.5) is 30.6 Å². The Morgan fingerprint density at radius 3 is 2.62 bits per heavy atom. The van der Waals surface area contributed by atoms with Gasteiger partial charge in [0.2, 0.25) is 5.95 Å². The summed E-state index contributed by atoms with van der Waals surface area (Å²) in [6.07, 6.45) is -0.224. The predicted octanol–water partition coefficient (Wildman–Crippen LogP) is 5.37. The van der Waals surface area contributed by atoms with Gasteiger partial charge in [0.05, 0.1) is 11.3 Å². The summed E-state index contributed by atoms with van der Waals surface area (Å²) < 4.78 is 39.5. The second-order valence-electron chi connectivity index (χ2n) is 6.47. The first kappa shape index (κ1) is 18.8. The largest absolute Gasteiger partial charge is 0.418 e. The first-order chi connectivity index (χ1) is 14.0. The van der Waals surface area contributed by atoms with Crippen molar-refractivity contribution >= 4 is 28.4 Å². The van der Waals surface area contributed by atoms with Gasteiger partial charge in [0, 0.05) is 29.8 Å². The lowest BCUT2D eigenvalue weighted by molar-refractivity contribution is -0.136. The van der Waals surface area contributed by atoms with Crippen molar-refractivity contribution in [1.29, 1.82) is 0 Å². The van der Waals surface area contributed by atoms with Crippen molar-refractivity contribution in [3.63, 3.8) is 0 Å². The lowest BCUT2D eigenvalue weighted by Crippen LogP contribution is -2.10. The highest BCUT2D eigenvalue weighted by Crippen LogP contribution is 2.35. The Kier molecular flexibility index (Phi) is 5.07. The Hall–Kier alpha value is -3.55. The summed E-state index contributed by atoms with van der Waals surface area (Å²) in [5.41, 5.74) is 1.45. The molecule has 0 aliphatic rings. The van der Waals surface area contributed by atoms with E-state index in [0.717, 1.165) is 23.4 Å². The fraction of sp³-hybridized carbons (Fsp3) is 0.143. The van der Waals surface area contributed by atoms with Crippen molar-refractivity contribution in [3.8, 4) is 0 Å². The highest BCUT2D eigenvalue weighted by Gasteiger charge is 2.33. The number of aromatic amines is 1. The van der Waals surface area contributed by atoms with Crippen molar-refractivity contribution < 1.29 is 13.2 Å². The van der Waals surface area contributed by atoms with Gasteiger partial charge < -0.3 is 15.6 Å². The monoisotopic (exact) mass is 397 g/mol. The SMILES string of the molecule is FC(F)(F)c1ccccc1Nc1ccnc(NCCc2c[nH]c3ccccc23)n1. The zero-order valence-electron chi connectivity index (χ0n) is 15.3. The number of para-hydroxylation sites is 2. The molecule has 4 aromatic rings. The summed E-state index contributed by atoms with van der Waals surface area (Å²) in [5.74, 6) is 0.630. The van der Waals surface area contributed by atoms with Crippen LogP contribution in [0.1, 0.15) is 11.1 Å². The molecule has 5 nitrogen and oxygen atoms in total. The van der Waals surface area contributed by atoms with Gasteiger partial charge in [-0.2, -0.15) is 18.2 Å². The highest BCUT2D eigenvalue weighted by molar-refractivity contribution is 5.83. The number of hydrogen-bond acceptors (Lipinski definition) is 4. The number of fused-ring (bicyclic) bond motifs is 1. The minimum Gasteiger partial charge on any atom is -0.361 e. The molecule has 0 aliphatic heterocycles. The third-order valence-electron chi connectivity index (χ3n) is 4.50. The Morgan fingerprint density at radius 1 is 0.966 bits per heavy atom. The van der Waals surface area contributed by atoms with E-state index in [1.165, 1.54) is 30.0 Å². The molecule has 8 heteroatoms. The van der Waals surface area contributed by atoms with Crippen LogP contribution in [0.15, 0.2) is 67.0 Å². The smallest absolute Gasteiger partial charge is 0.361 e. The van der Waals surface area contributed by atoms with Gasteiger partial charge in [-0.25, -0.2) is 4.98 Å². The molecule has 0 spiro atoms. The fourth-order valence-electron chi connectivity index (χ4n) is 3.14. The van der Waals surface area contributed by atoms with Gasteiger partial charge in [-0.15, -0.1) is 0 Å². The maximum atomic E-state index is 13.2. The molecule has 0 saturated heterocycles. The third kappa shape index (κ3) is 4.31. The molecule has 0 saturated carbocycles. The molecular formula is C21H18F3N5. The number of rotatable bonds is 6. The molecule has 0 atom stereocenters. The summed E-state index contributed by atoms with van der Waals surface area (Å²) >= 11 is 0. The molecule has 0 bridgehead atoms. The zero-order chi connectivity index (χ0) is 20.3. The van der Waals surface area contributed by atoms with Crippen molar-refractivity contribution in [3.05, 3.63) is 78.1 Å². The molecule has 0 amide bonds. The summed E-state index contributed by atoms with van der Waals surface area (Å²) in [7, 11) is 0. The van der Waals surface area contributed by atoms with Crippen LogP contribution >= 0.6 is 0 Å². The second kappa shape index (κ2) is 7.83. The zero-order valence-corrected chi connectivity index (χ0v) is 15.3. The van der Waals surface area contributed by atoms with E-state index in [0.29, 0.717) is 12.5 Å². The van der Waals surface area contributed by atoms with Crippen LogP contribution < -0.4 is 10.6 Å². The number of halogens is 3. The Labute approximate surface area is 165 Å². The van der Waals surface area contributed by atoms with Crippen LogP contribution in [0.2, 0.25) is 0 Å². The highest BCUT2D eigenvalue weighted by atomic mass is 19.4. The van der Waals surface area contributed by atoms with Gasteiger partial charge >= 0.3 is 6.18 Å². The van der Waals surface area contributed by atoms with E-state index >= 15 is 0 Å². The summed E-state index contributed by atoms with van der Waals surface area (Å²) in [6.45, 7) is 0.588. The Bertz CT molecular complexity index is 1120. The molecule has 4 rings (SSSR count). The van der Waals surface area contributed by atoms with Gasteiger partial charge in [-0.05, 0) is 36.2 Å². The molecule has 0 radical (unpaired) electrons. The quantitative estimate of drug-likeness (QED) is 0.409. The molecule has 0 fully saturated rings. The topological polar surface area (TPSA) is 65.6 Å². The number of H-pyrrole nitrogens is 1. The van der Waals surface area contributed by atoms with Crippen LogP contribution in [0.3, 0.4) is 0 Å². The molecule has 3 N–H and O–H groups in total. The maximum absolute atomic E-state index is 13.2. The average molecular weight is 397 g/mol. The second-order valence-corrected chi connectivity index (χ2v) is 6.47. The first-order valence-corrected chi connectivity index (χ1v) is 9.06. The number of alkyl halides is 3. The molecule has 2 aromatic carbocycles. The van der Waals surface area contributed by atoms with Crippen LogP contribution in [-0.2, 0) is 12.6 Å². The molecule has 0 aliphatic carbocycles. The van der Waals surface area contributed by atoms with Gasteiger partial charge in [0.1, 0.15) is 5.82 Å². The average Bonchev–Trinajstić information content (AvgIpc) is 3.11. The lowest BCUT2D eigenvalue weighted by Gasteiger charge is -2.14. The first-order valence-electron chi connectivity index (χ1n) is 9.06. The normalized spacial score (nSPS) is 11.6. The van der Waals surface area contributed by atoms with Gasteiger partial charge in [-0.1, -0.05) is 30.3 Å². The van der Waals surface area contributed by atoms with E-state index in [-0.39, 0.29) is 11.5 Å². The molecule has 29 heavy (non-hydrogen) atoms. The molecule has 2 aromatic heterocycles. The standard InChI is InChI=1S/C21H18F3N5/c22-21(23,24)16-6-2-4-8-18(16)28-19-10-12-26-20(29-19)25-11-9-14-13-27-17-7-3-1-5-15(14)17/h1-8,10,12-13,27H,9,11H2,(H2,25,26,28,29). The number of hydrogen-bond donors (Lipinski definition) is 3. The lowest BCUT2D eigenvalue weighted by atomic mass is 10.1. The van der Waals surface area contributed by atoms with Crippen LogP contribution in [0.25, 0.3) is 10.9 Å². The van der Waals surface area contributed by atoms with E-state index in [1.807, 2.05) is 24.4 Å². The maximum Gasteiger partial charge on any atom is 0.418 e. The number of nitrogens with zero attached hydrogens (tertiary/aromatic N) is 2. The number of nitrogens with one attached hydrogen (secondary N) is 3. The van der Waals surface area contributed by atoms with E-state index in [4.69, 9.17) is 0 Å². The summed E-state index contributed by atoms with van der Waals surface area (Å²) in [4.78, 5) is 11.6. The Morgan fingerprint density at radius 2 is 1.76 bits per heavy atom. The van der Waals surface area contributed by atoms with E-state index in [1.54, 1.807) is 6.07 Å². The van der Waals surface area contributed by atoms with Crippen LogP contribution in [-0.4, -0.2) is 21.5 Å². The molecule has 0 unspecified atom stereocenters. The molecule has 148 valence electrons.